The number of rotatable bonds is 8. The normalized spacial score (nSPS) is 25.5. The van der Waals surface area contributed by atoms with Crippen LogP contribution in [0.2, 0.25) is 0 Å². The summed E-state index contributed by atoms with van der Waals surface area (Å²) in [5.41, 5.74) is 5.18. The van der Waals surface area contributed by atoms with Crippen LogP contribution in [0.1, 0.15) is 41.0 Å². The molecule has 0 radical (unpaired) electrons. The molecule has 0 unspecified atom stereocenters. The number of nitrogens with one attached hydrogen (secondary N) is 2. The van der Waals surface area contributed by atoms with E-state index >= 15 is 0 Å². The first-order chi connectivity index (χ1) is 19.3. The topological polar surface area (TPSA) is 85.7 Å². The highest BCUT2D eigenvalue weighted by atomic mass is 32.2. The minimum Gasteiger partial charge on any atom is -0.381 e. The summed E-state index contributed by atoms with van der Waals surface area (Å²) in [7, 11) is -1.92. The summed E-state index contributed by atoms with van der Waals surface area (Å²) in [5, 5.41) is 11.5. The molecule has 0 aromatic heterocycles. The maximum atomic E-state index is 13.8. The molecule has 0 spiro atoms. The van der Waals surface area contributed by atoms with Crippen molar-refractivity contribution < 1.29 is 17.5 Å². The van der Waals surface area contributed by atoms with Gasteiger partial charge in [-0.25, -0.2) is 4.39 Å². The van der Waals surface area contributed by atoms with Gasteiger partial charge in [-0.1, -0.05) is 30.3 Å². The van der Waals surface area contributed by atoms with Gasteiger partial charge in [0.25, 0.3) is 10.2 Å². The van der Waals surface area contributed by atoms with E-state index in [9.17, 15) is 12.8 Å². The molecular formula is C31H35FN4O3S. The zero-order valence-electron chi connectivity index (χ0n) is 22.8. The van der Waals surface area contributed by atoms with Crippen LogP contribution in [-0.2, 0) is 20.4 Å². The molecule has 7 nitrogen and oxygen atoms in total. The molecule has 1 aliphatic carbocycles. The Hall–Kier alpha value is -3.11. The predicted octanol–water partition coefficient (Wildman–Crippen LogP) is 5.20. The van der Waals surface area contributed by atoms with Crippen LogP contribution in [-0.4, -0.2) is 62.6 Å². The van der Waals surface area contributed by atoms with E-state index in [1.54, 1.807) is 27.9 Å². The Labute approximate surface area is 235 Å². The van der Waals surface area contributed by atoms with Gasteiger partial charge in [0, 0.05) is 67.8 Å². The standard InChI is InChI=1S/C31H35FN4O3S/c1-21-16-29(34-25-10-8-24(32)9-11-25)23(18-33)17-27(21)31-20-36(19-28(31)30(31)22-6-4-3-5-7-22)40(37,38)35-14-12-26(39-2)13-15-35/h3-11,16-18,26,28,30,33-34H,12-15,19-20H2,1-2H3/t28-,30-,31+/m0/s1. The van der Waals surface area contributed by atoms with Crippen LogP contribution in [0.3, 0.4) is 0 Å². The van der Waals surface area contributed by atoms with Crippen molar-refractivity contribution in [3.63, 3.8) is 0 Å². The van der Waals surface area contributed by atoms with Crippen LogP contribution in [0.5, 0.6) is 0 Å². The average Bonchev–Trinajstić information content (AvgIpc) is 3.42. The SMILES string of the molecule is COC1CCN(S(=O)(=O)N2C[C@H]3[C@H](c4ccccc4)[C@@]3(c3cc(C=N)c(Nc4ccc(F)cc4)cc3C)C2)CC1. The fourth-order valence-electron chi connectivity index (χ4n) is 7.00. The van der Waals surface area contributed by atoms with Crippen molar-refractivity contribution in [2.75, 3.05) is 38.6 Å². The lowest BCUT2D eigenvalue weighted by Gasteiger charge is -2.34. The fourth-order valence-corrected chi connectivity index (χ4v) is 8.73. The molecule has 2 N–H and O–H groups in total. The Morgan fingerprint density at radius 1 is 1.05 bits per heavy atom. The molecule has 2 heterocycles. The molecule has 3 atom stereocenters. The van der Waals surface area contributed by atoms with Gasteiger partial charge in [0.05, 0.1) is 6.10 Å². The molecular weight excluding hydrogens is 527 g/mol. The van der Waals surface area contributed by atoms with E-state index in [0.717, 1.165) is 22.5 Å². The Bertz CT molecular complexity index is 1510. The Morgan fingerprint density at radius 2 is 1.75 bits per heavy atom. The lowest BCUT2D eigenvalue weighted by atomic mass is 9.86. The zero-order valence-corrected chi connectivity index (χ0v) is 23.6. The van der Waals surface area contributed by atoms with Crippen LogP contribution < -0.4 is 5.32 Å². The summed E-state index contributed by atoms with van der Waals surface area (Å²) in [6, 6.07) is 20.6. The van der Waals surface area contributed by atoms with Gasteiger partial charge in [0.2, 0.25) is 0 Å². The summed E-state index contributed by atoms with van der Waals surface area (Å²) >= 11 is 0. The molecule has 40 heavy (non-hydrogen) atoms. The lowest BCUT2D eigenvalue weighted by molar-refractivity contribution is 0.0591. The van der Waals surface area contributed by atoms with Gasteiger partial charge in [-0.05, 0) is 78.8 Å². The van der Waals surface area contributed by atoms with E-state index in [0.29, 0.717) is 44.6 Å². The van der Waals surface area contributed by atoms with Gasteiger partial charge in [0.15, 0.2) is 0 Å². The number of hydrogen-bond donors (Lipinski definition) is 2. The molecule has 1 saturated carbocycles. The molecule has 0 bridgehead atoms. The fraction of sp³-hybridized carbons (Fsp3) is 0.387. The number of benzene rings is 3. The Balaban J connectivity index is 1.34. The third-order valence-corrected chi connectivity index (χ3v) is 11.0. The number of halogens is 1. The highest BCUT2D eigenvalue weighted by molar-refractivity contribution is 7.86. The predicted molar refractivity (Wildman–Crippen MR) is 155 cm³/mol. The molecule has 0 amide bonds. The second-order valence-electron chi connectivity index (χ2n) is 11.2. The third kappa shape index (κ3) is 4.55. The number of anilines is 2. The molecule has 6 rings (SSSR count). The van der Waals surface area contributed by atoms with E-state index in [-0.39, 0.29) is 29.2 Å². The van der Waals surface area contributed by atoms with Crippen LogP contribution in [0, 0.1) is 24.1 Å². The van der Waals surface area contributed by atoms with Gasteiger partial charge in [-0.15, -0.1) is 0 Å². The molecule has 2 saturated heterocycles. The van der Waals surface area contributed by atoms with Gasteiger partial charge in [-0.2, -0.15) is 17.0 Å². The molecule has 3 aliphatic rings. The summed E-state index contributed by atoms with van der Waals surface area (Å²) in [6.45, 7) is 3.88. The van der Waals surface area contributed by atoms with Gasteiger partial charge < -0.3 is 15.5 Å². The van der Waals surface area contributed by atoms with Crippen molar-refractivity contribution >= 4 is 27.8 Å². The second kappa shape index (κ2) is 10.4. The van der Waals surface area contributed by atoms with Crippen molar-refractivity contribution in [3.05, 3.63) is 94.8 Å². The van der Waals surface area contributed by atoms with Gasteiger partial charge >= 0.3 is 0 Å². The Kier molecular flexibility index (Phi) is 7.02. The Morgan fingerprint density at radius 3 is 2.40 bits per heavy atom. The molecule has 3 aromatic rings. The van der Waals surface area contributed by atoms with Gasteiger partial charge in [-0.3, -0.25) is 0 Å². The van der Waals surface area contributed by atoms with E-state index in [1.807, 2.05) is 30.3 Å². The van der Waals surface area contributed by atoms with Crippen LogP contribution >= 0.6 is 0 Å². The molecule has 3 aromatic carbocycles. The first kappa shape index (κ1) is 27.1. The number of piperidine rings is 2. The maximum absolute atomic E-state index is 13.8. The maximum Gasteiger partial charge on any atom is 0.282 e. The number of fused-ring (bicyclic) bond motifs is 1. The zero-order chi connectivity index (χ0) is 28.1. The van der Waals surface area contributed by atoms with E-state index in [2.05, 4.69) is 24.4 Å². The number of aryl methyl sites for hydroxylation is 1. The third-order valence-electron chi connectivity index (χ3n) is 9.07. The second-order valence-corrected chi connectivity index (χ2v) is 13.1. The molecule has 210 valence electrons. The van der Waals surface area contributed by atoms with E-state index in [1.165, 1.54) is 23.9 Å². The minimum absolute atomic E-state index is 0.108. The number of ether oxygens (including phenoxy) is 1. The minimum atomic E-state index is -3.61. The van der Waals surface area contributed by atoms with Crippen LogP contribution in [0.15, 0.2) is 66.7 Å². The van der Waals surface area contributed by atoms with Crippen LogP contribution in [0.25, 0.3) is 0 Å². The van der Waals surface area contributed by atoms with E-state index in [4.69, 9.17) is 10.1 Å². The molecule has 3 fully saturated rings. The van der Waals surface area contributed by atoms with Crippen LogP contribution in [0.4, 0.5) is 15.8 Å². The summed E-state index contributed by atoms with van der Waals surface area (Å²) in [5.74, 6) is 0.0425. The highest BCUT2D eigenvalue weighted by Gasteiger charge is 2.71. The monoisotopic (exact) mass is 562 g/mol. The molecule has 2 aliphatic heterocycles. The number of hydrogen-bond acceptors (Lipinski definition) is 5. The van der Waals surface area contributed by atoms with E-state index < -0.39 is 10.2 Å². The summed E-state index contributed by atoms with van der Waals surface area (Å²) in [6.07, 6.45) is 2.84. The first-order valence-electron chi connectivity index (χ1n) is 13.8. The summed E-state index contributed by atoms with van der Waals surface area (Å²) < 4.78 is 49.8. The van der Waals surface area contributed by atoms with Crippen molar-refractivity contribution in [1.82, 2.24) is 8.61 Å². The number of methoxy groups -OCH3 is 1. The van der Waals surface area contributed by atoms with Gasteiger partial charge in [0.1, 0.15) is 5.82 Å². The van der Waals surface area contributed by atoms with Crippen molar-refractivity contribution in [2.24, 2.45) is 5.92 Å². The lowest BCUT2D eigenvalue weighted by Crippen LogP contribution is -2.48. The van der Waals surface area contributed by atoms with Crippen molar-refractivity contribution in [2.45, 2.75) is 37.2 Å². The largest absolute Gasteiger partial charge is 0.381 e. The highest BCUT2D eigenvalue weighted by Crippen LogP contribution is 2.70. The smallest absolute Gasteiger partial charge is 0.282 e. The number of nitrogens with zero attached hydrogens (tertiary/aromatic N) is 2. The average molecular weight is 563 g/mol. The summed E-state index contributed by atoms with van der Waals surface area (Å²) in [4.78, 5) is 0. The van der Waals surface area contributed by atoms with Crippen molar-refractivity contribution in [3.8, 4) is 0 Å². The first-order valence-corrected chi connectivity index (χ1v) is 15.2. The van der Waals surface area contributed by atoms with Crippen molar-refractivity contribution in [1.29, 1.82) is 5.41 Å². The molecule has 9 heteroatoms. The quantitative estimate of drug-likeness (QED) is 0.370.